The number of unbranched alkanes of at least 4 members (excludes halogenated alkanes) is 9. The predicted octanol–water partition coefficient (Wildman–Crippen LogP) is 7.68. The highest BCUT2D eigenvalue weighted by Gasteiger charge is 2.02. The van der Waals surface area contributed by atoms with E-state index in [0.29, 0.717) is 5.88 Å². The first kappa shape index (κ1) is 28.2. The normalized spacial score (nSPS) is 9.62. The molecule has 0 spiro atoms. The molecular weight excluding hydrogens is 318 g/mol. The van der Waals surface area contributed by atoms with Crippen LogP contribution in [0.3, 0.4) is 0 Å². The van der Waals surface area contributed by atoms with Crippen LogP contribution < -0.4 is 18.5 Å². The molecule has 1 aromatic carbocycles. The molecule has 0 radical (unpaired) electrons. The quantitative estimate of drug-likeness (QED) is 0.263. The fourth-order valence-corrected chi connectivity index (χ4v) is 3.24. The van der Waals surface area contributed by atoms with Crippen molar-refractivity contribution in [2.45, 2.75) is 90.4 Å². The minimum absolute atomic E-state index is 0. The molecule has 0 fully saturated rings. The van der Waals surface area contributed by atoms with E-state index in [0.717, 1.165) is 0 Å². The Kier molecular flexibility index (Phi) is 22.0. The van der Waals surface area contributed by atoms with Crippen molar-refractivity contribution in [1.82, 2.24) is 18.5 Å². The van der Waals surface area contributed by atoms with E-state index in [4.69, 9.17) is 11.6 Å². The fourth-order valence-electron chi connectivity index (χ4n) is 2.96. The van der Waals surface area contributed by atoms with Crippen molar-refractivity contribution in [3.8, 4) is 0 Å². The minimum atomic E-state index is 0. The monoisotopic (exact) mass is 359 g/mol. The largest absolute Gasteiger partial charge is 0.344 e. The molecule has 24 heavy (non-hydrogen) atoms. The summed E-state index contributed by atoms with van der Waals surface area (Å²) >= 11 is 5.97. The standard InChI is InChI=1S/C20H33Cl.3H3N/c1-3-4-5-6-7-8-9-10-11-12-14-19-15-13-16-20(17-21)18(19)2;;;/h13,15-16H,3-12,14,17H2,1-2H3;3*1H3. The van der Waals surface area contributed by atoms with Gasteiger partial charge >= 0.3 is 0 Å². The van der Waals surface area contributed by atoms with E-state index in [9.17, 15) is 0 Å². The smallest absolute Gasteiger partial charge is 0.0476 e. The Morgan fingerprint density at radius 1 is 0.708 bits per heavy atom. The van der Waals surface area contributed by atoms with Crippen molar-refractivity contribution in [3.05, 3.63) is 34.9 Å². The summed E-state index contributed by atoms with van der Waals surface area (Å²) in [6, 6.07) is 6.56. The Morgan fingerprint density at radius 2 is 1.17 bits per heavy atom. The van der Waals surface area contributed by atoms with E-state index in [2.05, 4.69) is 32.0 Å². The van der Waals surface area contributed by atoms with E-state index < -0.39 is 0 Å². The first-order chi connectivity index (χ1) is 10.3. The van der Waals surface area contributed by atoms with Crippen molar-refractivity contribution in [2.24, 2.45) is 0 Å². The van der Waals surface area contributed by atoms with Crippen molar-refractivity contribution in [3.63, 3.8) is 0 Å². The van der Waals surface area contributed by atoms with E-state index >= 15 is 0 Å². The lowest BCUT2D eigenvalue weighted by Gasteiger charge is -2.09. The van der Waals surface area contributed by atoms with Gasteiger partial charge in [0, 0.05) is 5.88 Å². The minimum Gasteiger partial charge on any atom is -0.344 e. The van der Waals surface area contributed by atoms with E-state index in [1.54, 1.807) is 0 Å². The third-order valence-electron chi connectivity index (χ3n) is 4.50. The zero-order valence-corrected chi connectivity index (χ0v) is 17.0. The first-order valence-corrected chi connectivity index (χ1v) is 9.46. The molecule has 0 atom stereocenters. The molecule has 0 unspecified atom stereocenters. The van der Waals surface area contributed by atoms with Crippen molar-refractivity contribution < 1.29 is 0 Å². The topological polar surface area (TPSA) is 105 Å². The molecule has 0 saturated heterocycles. The maximum Gasteiger partial charge on any atom is 0.0476 e. The molecular formula is C20H42ClN3. The molecule has 0 aromatic heterocycles. The van der Waals surface area contributed by atoms with Crippen LogP contribution in [-0.2, 0) is 12.3 Å². The Morgan fingerprint density at radius 3 is 1.67 bits per heavy atom. The summed E-state index contributed by atoms with van der Waals surface area (Å²) < 4.78 is 0. The van der Waals surface area contributed by atoms with Crippen LogP contribution in [0.25, 0.3) is 0 Å². The zero-order chi connectivity index (χ0) is 15.3. The number of halogens is 1. The van der Waals surface area contributed by atoms with Crippen LogP contribution in [0.4, 0.5) is 0 Å². The lowest BCUT2D eigenvalue weighted by atomic mass is 9.98. The summed E-state index contributed by atoms with van der Waals surface area (Å²) in [5.41, 5.74) is 4.19. The van der Waals surface area contributed by atoms with Crippen LogP contribution in [0.1, 0.15) is 87.8 Å². The summed E-state index contributed by atoms with van der Waals surface area (Å²) in [5.74, 6) is 0.637. The number of alkyl halides is 1. The molecule has 144 valence electrons. The highest BCUT2D eigenvalue weighted by Crippen LogP contribution is 2.18. The summed E-state index contributed by atoms with van der Waals surface area (Å²) in [6.07, 6.45) is 15.3. The summed E-state index contributed by atoms with van der Waals surface area (Å²) in [4.78, 5) is 0. The van der Waals surface area contributed by atoms with Crippen LogP contribution >= 0.6 is 11.6 Å². The number of hydrogen-bond acceptors (Lipinski definition) is 3. The van der Waals surface area contributed by atoms with Crippen molar-refractivity contribution >= 4 is 11.6 Å². The molecule has 3 nitrogen and oxygen atoms in total. The second-order valence-corrected chi connectivity index (χ2v) is 6.53. The molecule has 0 bridgehead atoms. The van der Waals surface area contributed by atoms with Gasteiger partial charge in [-0.3, -0.25) is 0 Å². The predicted molar refractivity (Wildman–Crippen MR) is 111 cm³/mol. The Hall–Kier alpha value is -0.610. The van der Waals surface area contributed by atoms with Crippen LogP contribution in [0, 0.1) is 6.92 Å². The average Bonchev–Trinajstić information content (AvgIpc) is 2.50. The van der Waals surface area contributed by atoms with Crippen LogP contribution in [0.15, 0.2) is 18.2 Å². The van der Waals surface area contributed by atoms with E-state index in [1.807, 2.05) is 0 Å². The molecule has 0 aliphatic heterocycles. The van der Waals surface area contributed by atoms with Crippen molar-refractivity contribution in [1.29, 1.82) is 0 Å². The van der Waals surface area contributed by atoms with Gasteiger partial charge in [0.05, 0.1) is 0 Å². The maximum atomic E-state index is 5.97. The molecule has 4 heteroatoms. The fraction of sp³-hybridized carbons (Fsp3) is 0.700. The van der Waals surface area contributed by atoms with Gasteiger partial charge in [0.15, 0.2) is 0 Å². The van der Waals surface area contributed by atoms with Crippen molar-refractivity contribution in [2.75, 3.05) is 0 Å². The summed E-state index contributed by atoms with van der Waals surface area (Å²) in [5, 5.41) is 0. The third-order valence-corrected chi connectivity index (χ3v) is 4.79. The van der Waals surface area contributed by atoms with Gasteiger partial charge in [0.1, 0.15) is 0 Å². The SMILES string of the molecule is CCCCCCCCCCCCc1cccc(CCl)c1C.N.N.N. The van der Waals surface area contributed by atoms with E-state index in [1.165, 1.54) is 87.3 Å². The summed E-state index contributed by atoms with van der Waals surface area (Å²) in [7, 11) is 0. The van der Waals surface area contributed by atoms with Gasteiger partial charge in [0.25, 0.3) is 0 Å². The maximum absolute atomic E-state index is 5.97. The second kappa shape index (κ2) is 18.7. The number of hydrogen-bond donors (Lipinski definition) is 3. The Labute approximate surface area is 155 Å². The number of aryl methyl sites for hydroxylation is 1. The molecule has 1 aromatic rings. The van der Waals surface area contributed by atoms with Gasteiger partial charge in [-0.1, -0.05) is 82.9 Å². The molecule has 0 heterocycles. The average molecular weight is 360 g/mol. The highest BCUT2D eigenvalue weighted by atomic mass is 35.5. The third kappa shape index (κ3) is 11.9. The van der Waals surface area contributed by atoms with Gasteiger partial charge in [-0.05, 0) is 36.5 Å². The van der Waals surface area contributed by atoms with Gasteiger partial charge in [-0.15, -0.1) is 11.6 Å². The molecule has 0 aliphatic rings. The van der Waals surface area contributed by atoms with Gasteiger partial charge in [-0.25, -0.2) is 0 Å². The summed E-state index contributed by atoms with van der Waals surface area (Å²) in [6.45, 7) is 4.49. The van der Waals surface area contributed by atoms with Gasteiger partial charge in [0.2, 0.25) is 0 Å². The molecule has 0 amide bonds. The Balaban J connectivity index is -0.00000147. The van der Waals surface area contributed by atoms with E-state index in [-0.39, 0.29) is 18.5 Å². The zero-order valence-electron chi connectivity index (χ0n) is 16.2. The lowest BCUT2D eigenvalue weighted by Crippen LogP contribution is -1.94. The highest BCUT2D eigenvalue weighted by molar-refractivity contribution is 6.17. The molecule has 1 rings (SSSR count). The van der Waals surface area contributed by atoms with Crippen LogP contribution in [0.5, 0.6) is 0 Å². The first-order valence-electron chi connectivity index (χ1n) is 8.93. The van der Waals surface area contributed by atoms with Crippen LogP contribution in [-0.4, -0.2) is 0 Å². The van der Waals surface area contributed by atoms with Gasteiger partial charge < -0.3 is 18.5 Å². The van der Waals surface area contributed by atoms with Crippen LogP contribution in [0.2, 0.25) is 0 Å². The Bertz CT molecular complexity index is 383. The van der Waals surface area contributed by atoms with Gasteiger partial charge in [-0.2, -0.15) is 0 Å². The number of benzene rings is 1. The molecule has 0 saturated carbocycles. The molecule has 0 aliphatic carbocycles. The molecule has 9 N–H and O–H groups in total. The second-order valence-electron chi connectivity index (χ2n) is 6.27. The lowest BCUT2D eigenvalue weighted by molar-refractivity contribution is 0.556. The number of rotatable bonds is 12.